The molecule has 0 saturated carbocycles. The van der Waals surface area contributed by atoms with E-state index in [4.69, 9.17) is 11.6 Å². The van der Waals surface area contributed by atoms with Crippen LogP contribution in [-0.4, -0.2) is 22.6 Å². The number of nitrogens with one attached hydrogen (secondary N) is 1. The Balaban J connectivity index is 1.69. The Morgan fingerprint density at radius 2 is 1.89 bits per heavy atom. The first-order valence-electron chi connectivity index (χ1n) is 8.46. The van der Waals surface area contributed by atoms with Gasteiger partial charge < -0.3 is 10.2 Å². The molecule has 0 aliphatic carbocycles. The van der Waals surface area contributed by atoms with E-state index < -0.39 is 11.7 Å². The maximum atomic E-state index is 13.2. The van der Waals surface area contributed by atoms with E-state index in [-0.39, 0.29) is 10.7 Å². The summed E-state index contributed by atoms with van der Waals surface area (Å²) >= 11 is 5.72. The van der Waals surface area contributed by atoms with Gasteiger partial charge in [-0.2, -0.15) is 0 Å². The van der Waals surface area contributed by atoms with E-state index >= 15 is 0 Å². The van der Waals surface area contributed by atoms with Gasteiger partial charge >= 0.3 is 0 Å². The second-order valence-corrected chi connectivity index (χ2v) is 6.27. The van der Waals surface area contributed by atoms with Gasteiger partial charge in [-0.3, -0.25) is 4.79 Å². The third-order valence-electron chi connectivity index (χ3n) is 3.98. The first-order valence-corrected chi connectivity index (χ1v) is 8.83. The predicted molar refractivity (Wildman–Crippen MR) is 105 cm³/mol. The van der Waals surface area contributed by atoms with Crippen molar-refractivity contribution in [2.45, 2.75) is 13.5 Å². The number of aromatic nitrogens is 2. The number of hydrogen-bond donors (Lipinski definition) is 1. The number of amides is 1. The average Bonchev–Trinajstić information content (AvgIpc) is 2.70. The topological polar surface area (TPSA) is 58.1 Å². The van der Waals surface area contributed by atoms with Gasteiger partial charge in [-0.15, -0.1) is 10.2 Å². The highest BCUT2D eigenvalue weighted by atomic mass is 35.5. The number of carbonyl (C=O) groups excluding carboxylic acids is 1. The lowest BCUT2D eigenvalue weighted by atomic mass is 10.2. The fraction of sp³-hybridized carbons (Fsp3) is 0.150. The number of benzene rings is 2. The summed E-state index contributed by atoms with van der Waals surface area (Å²) in [5.41, 5.74) is 1.71. The minimum Gasteiger partial charge on any atom is -0.351 e. The molecule has 0 atom stereocenters. The summed E-state index contributed by atoms with van der Waals surface area (Å²) in [7, 11) is 0. The van der Waals surface area contributed by atoms with Crippen molar-refractivity contribution in [1.82, 2.24) is 10.2 Å². The van der Waals surface area contributed by atoms with Crippen LogP contribution in [0.5, 0.6) is 0 Å². The van der Waals surface area contributed by atoms with Gasteiger partial charge in [0.15, 0.2) is 11.5 Å². The predicted octanol–water partition coefficient (Wildman–Crippen LogP) is 4.55. The van der Waals surface area contributed by atoms with Gasteiger partial charge in [-0.1, -0.05) is 41.9 Å². The molecule has 3 aromatic rings. The molecular weight excluding hydrogens is 367 g/mol. The van der Waals surface area contributed by atoms with E-state index in [1.807, 2.05) is 37.3 Å². The molecule has 0 radical (unpaired) electrons. The molecular formula is C20H18ClFN4O. The summed E-state index contributed by atoms with van der Waals surface area (Å²) in [5.74, 6) is -0.303. The molecule has 5 nitrogen and oxygen atoms in total. The fourth-order valence-corrected chi connectivity index (χ4v) is 2.72. The molecule has 1 heterocycles. The molecule has 0 fully saturated rings. The maximum absolute atomic E-state index is 13.2. The minimum absolute atomic E-state index is 0.0614. The van der Waals surface area contributed by atoms with Crippen molar-refractivity contribution in [1.29, 1.82) is 0 Å². The van der Waals surface area contributed by atoms with E-state index in [0.717, 1.165) is 12.1 Å². The summed E-state index contributed by atoms with van der Waals surface area (Å²) in [4.78, 5) is 14.3. The van der Waals surface area contributed by atoms with Crippen molar-refractivity contribution < 1.29 is 9.18 Å². The van der Waals surface area contributed by atoms with Crippen LogP contribution in [-0.2, 0) is 6.54 Å². The van der Waals surface area contributed by atoms with Crippen LogP contribution < -0.4 is 10.2 Å². The molecule has 1 aromatic heterocycles. The second kappa shape index (κ2) is 8.60. The van der Waals surface area contributed by atoms with Gasteiger partial charge in [0, 0.05) is 18.8 Å². The lowest BCUT2D eigenvalue weighted by Crippen LogP contribution is -2.24. The Morgan fingerprint density at radius 3 is 2.52 bits per heavy atom. The Hall–Kier alpha value is -2.99. The van der Waals surface area contributed by atoms with Crippen LogP contribution in [0.15, 0.2) is 60.7 Å². The standard InChI is InChI=1S/C20H18ClFN4O/c1-2-26(13-14-6-4-3-5-7-14)19-11-10-18(24-25-19)20(27)23-15-8-9-17(22)16(21)12-15/h3-12H,2,13H2,1H3,(H,23,27). The molecule has 0 aliphatic heterocycles. The zero-order valence-electron chi connectivity index (χ0n) is 14.7. The van der Waals surface area contributed by atoms with Crippen molar-refractivity contribution in [3.63, 3.8) is 0 Å². The maximum Gasteiger partial charge on any atom is 0.276 e. The molecule has 7 heteroatoms. The Bertz CT molecular complexity index is 919. The van der Waals surface area contributed by atoms with E-state index in [9.17, 15) is 9.18 Å². The molecule has 0 spiro atoms. The van der Waals surface area contributed by atoms with Crippen LogP contribution in [0.2, 0.25) is 5.02 Å². The zero-order chi connectivity index (χ0) is 19.2. The summed E-state index contributed by atoms with van der Waals surface area (Å²) in [5, 5.41) is 10.7. The SMILES string of the molecule is CCN(Cc1ccccc1)c1ccc(C(=O)Nc2ccc(F)c(Cl)c2)nn1. The first kappa shape index (κ1) is 18.8. The van der Waals surface area contributed by atoms with E-state index in [1.165, 1.54) is 18.2 Å². The van der Waals surface area contributed by atoms with Crippen LogP contribution in [0.4, 0.5) is 15.9 Å². The molecule has 138 valence electrons. The van der Waals surface area contributed by atoms with Crippen LogP contribution >= 0.6 is 11.6 Å². The van der Waals surface area contributed by atoms with Gasteiger partial charge in [-0.05, 0) is 42.8 Å². The molecule has 3 rings (SSSR count). The highest BCUT2D eigenvalue weighted by molar-refractivity contribution is 6.31. The van der Waals surface area contributed by atoms with Crippen molar-refractivity contribution in [3.05, 3.63) is 82.8 Å². The molecule has 1 amide bonds. The quantitative estimate of drug-likeness (QED) is 0.677. The van der Waals surface area contributed by atoms with Crippen molar-refractivity contribution in [3.8, 4) is 0 Å². The highest BCUT2D eigenvalue weighted by Crippen LogP contribution is 2.20. The summed E-state index contributed by atoms with van der Waals surface area (Å²) < 4.78 is 13.2. The van der Waals surface area contributed by atoms with E-state index in [1.54, 1.807) is 12.1 Å². The molecule has 1 N–H and O–H groups in total. The Kier molecular flexibility index (Phi) is 5.98. The number of nitrogens with zero attached hydrogens (tertiary/aromatic N) is 3. The minimum atomic E-state index is -0.545. The molecule has 0 unspecified atom stereocenters. The second-order valence-electron chi connectivity index (χ2n) is 5.86. The Labute approximate surface area is 161 Å². The van der Waals surface area contributed by atoms with Crippen LogP contribution in [0.25, 0.3) is 0 Å². The van der Waals surface area contributed by atoms with Crippen molar-refractivity contribution >= 4 is 29.0 Å². The monoisotopic (exact) mass is 384 g/mol. The summed E-state index contributed by atoms with van der Waals surface area (Å²) in [6.07, 6.45) is 0. The average molecular weight is 385 g/mol. The smallest absolute Gasteiger partial charge is 0.276 e. The largest absolute Gasteiger partial charge is 0.351 e. The Morgan fingerprint density at radius 1 is 1.11 bits per heavy atom. The van der Waals surface area contributed by atoms with E-state index in [2.05, 4.69) is 20.4 Å². The molecule has 0 bridgehead atoms. The lowest BCUT2D eigenvalue weighted by molar-refractivity contribution is 0.102. The fourth-order valence-electron chi connectivity index (χ4n) is 2.54. The van der Waals surface area contributed by atoms with E-state index in [0.29, 0.717) is 18.1 Å². The zero-order valence-corrected chi connectivity index (χ0v) is 15.4. The van der Waals surface area contributed by atoms with Crippen LogP contribution in [0.1, 0.15) is 23.0 Å². The molecule has 0 saturated heterocycles. The lowest BCUT2D eigenvalue weighted by Gasteiger charge is -2.21. The van der Waals surface area contributed by atoms with Crippen LogP contribution in [0.3, 0.4) is 0 Å². The van der Waals surface area contributed by atoms with Crippen LogP contribution in [0, 0.1) is 5.82 Å². The van der Waals surface area contributed by atoms with Gasteiger partial charge in [-0.25, -0.2) is 4.39 Å². The summed E-state index contributed by atoms with van der Waals surface area (Å²) in [6, 6.07) is 17.4. The van der Waals surface area contributed by atoms with Crippen molar-refractivity contribution in [2.75, 3.05) is 16.8 Å². The van der Waals surface area contributed by atoms with Gasteiger partial charge in [0.05, 0.1) is 5.02 Å². The third kappa shape index (κ3) is 4.80. The number of hydrogen-bond acceptors (Lipinski definition) is 4. The van der Waals surface area contributed by atoms with Crippen molar-refractivity contribution in [2.24, 2.45) is 0 Å². The highest BCUT2D eigenvalue weighted by Gasteiger charge is 2.12. The van der Waals surface area contributed by atoms with Gasteiger partial charge in [0.25, 0.3) is 5.91 Å². The normalized spacial score (nSPS) is 10.5. The molecule has 27 heavy (non-hydrogen) atoms. The summed E-state index contributed by atoms with van der Waals surface area (Å²) in [6.45, 7) is 3.48. The molecule has 0 aliphatic rings. The third-order valence-corrected chi connectivity index (χ3v) is 4.27. The number of carbonyl (C=O) groups is 1. The number of anilines is 2. The molecule has 2 aromatic carbocycles. The van der Waals surface area contributed by atoms with Gasteiger partial charge in [0.2, 0.25) is 0 Å². The van der Waals surface area contributed by atoms with Gasteiger partial charge in [0.1, 0.15) is 5.82 Å². The number of halogens is 2. The number of rotatable bonds is 6. The first-order chi connectivity index (χ1) is 13.1.